The molecule has 6 heteroatoms. The third-order valence-electron chi connectivity index (χ3n) is 2.71. The molecule has 0 heterocycles. The number of ether oxygens (including phenoxy) is 1. The van der Waals surface area contributed by atoms with E-state index in [2.05, 4.69) is 4.72 Å². The fourth-order valence-corrected chi connectivity index (χ4v) is 2.83. The second-order valence-corrected chi connectivity index (χ2v) is 5.95. The van der Waals surface area contributed by atoms with Crippen molar-refractivity contribution in [3.63, 3.8) is 0 Å². The molecule has 0 aromatic heterocycles. The van der Waals surface area contributed by atoms with E-state index in [0.29, 0.717) is 11.4 Å². The highest BCUT2D eigenvalue weighted by molar-refractivity contribution is 7.92. The second kappa shape index (κ2) is 5.50. The Kier molecular flexibility index (Phi) is 3.94. The number of anilines is 1. The molecule has 0 aliphatic rings. The normalized spacial score (nSPS) is 11.2. The molecule has 2 rings (SSSR count). The number of nitrogens with one attached hydrogen (secondary N) is 1. The first-order chi connectivity index (χ1) is 9.42. The Morgan fingerprint density at radius 2 is 1.90 bits per heavy atom. The number of sulfonamides is 1. The number of hydrogen-bond donors (Lipinski definition) is 1. The molecule has 0 spiro atoms. The number of aryl methyl sites for hydroxylation is 1. The van der Waals surface area contributed by atoms with Gasteiger partial charge in [-0.1, -0.05) is 12.1 Å². The summed E-state index contributed by atoms with van der Waals surface area (Å²) in [6.07, 6.45) is 0. The van der Waals surface area contributed by atoms with E-state index in [4.69, 9.17) is 4.74 Å². The Morgan fingerprint density at radius 3 is 2.55 bits per heavy atom. The minimum Gasteiger partial charge on any atom is -0.495 e. The van der Waals surface area contributed by atoms with Gasteiger partial charge in [0.2, 0.25) is 0 Å². The molecule has 0 unspecified atom stereocenters. The molecule has 0 aliphatic carbocycles. The molecule has 106 valence electrons. The zero-order valence-corrected chi connectivity index (χ0v) is 11.9. The standard InChI is InChI=1S/C14H14FNO3S/c1-10-6-7-14(19-2)13(8-10)16-20(17,18)12-5-3-4-11(15)9-12/h3-9,16H,1-2H3. The summed E-state index contributed by atoms with van der Waals surface area (Å²) in [5.41, 5.74) is 1.19. The SMILES string of the molecule is COc1ccc(C)cc1NS(=O)(=O)c1cccc(F)c1. The molecule has 0 saturated heterocycles. The van der Waals surface area contributed by atoms with Gasteiger partial charge in [-0.3, -0.25) is 4.72 Å². The molecule has 0 radical (unpaired) electrons. The Balaban J connectivity index is 2.40. The van der Waals surface area contributed by atoms with Crippen molar-refractivity contribution in [3.05, 3.63) is 53.8 Å². The summed E-state index contributed by atoms with van der Waals surface area (Å²) in [7, 11) is -2.41. The zero-order valence-electron chi connectivity index (χ0n) is 11.1. The van der Waals surface area contributed by atoms with E-state index < -0.39 is 15.8 Å². The van der Waals surface area contributed by atoms with Gasteiger partial charge in [-0.05, 0) is 42.8 Å². The van der Waals surface area contributed by atoms with E-state index >= 15 is 0 Å². The van der Waals surface area contributed by atoms with Crippen LogP contribution >= 0.6 is 0 Å². The first kappa shape index (κ1) is 14.3. The third-order valence-corrected chi connectivity index (χ3v) is 4.07. The third kappa shape index (κ3) is 3.08. The highest BCUT2D eigenvalue weighted by Gasteiger charge is 2.17. The van der Waals surface area contributed by atoms with Crippen molar-refractivity contribution in [1.82, 2.24) is 0 Å². The van der Waals surface area contributed by atoms with Crippen molar-refractivity contribution < 1.29 is 17.5 Å². The van der Waals surface area contributed by atoms with E-state index in [9.17, 15) is 12.8 Å². The van der Waals surface area contributed by atoms with Crippen LogP contribution < -0.4 is 9.46 Å². The zero-order chi connectivity index (χ0) is 14.8. The lowest BCUT2D eigenvalue weighted by molar-refractivity contribution is 0.417. The van der Waals surface area contributed by atoms with Crippen molar-refractivity contribution in [1.29, 1.82) is 0 Å². The molecule has 20 heavy (non-hydrogen) atoms. The van der Waals surface area contributed by atoms with Crippen molar-refractivity contribution >= 4 is 15.7 Å². The molecule has 1 N–H and O–H groups in total. The molecular formula is C14H14FNO3S. The molecule has 0 aliphatic heterocycles. The summed E-state index contributed by atoms with van der Waals surface area (Å²) >= 11 is 0. The van der Waals surface area contributed by atoms with E-state index in [1.807, 2.05) is 6.92 Å². The maximum Gasteiger partial charge on any atom is 0.262 e. The summed E-state index contributed by atoms with van der Waals surface area (Å²) < 4.78 is 45.0. The van der Waals surface area contributed by atoms with E-state index in [1.54, 1.807) is 18.2 Å². The van der Waals surface area contributed by atoms with E-state index in [0.717, 1.165) is 11.6 Å². The number of hydrogen-bond acceptors (Lipinski definition) is 3. The van der Waals surface area contributed by atoms with Crippen LogP contribution in [0, 0.1) is 12.7 Å². The van der Waals surface area contributed by atoms with Gasteiger partial charge in [-0.15, -0.1) is 0 Å². The van der Waals surface area contributed by atoms with Gasteiger partial charge in [0.1, 0.15) is 11.6 Å². The molecular weight excluding hydrogens is 281 g/mol. The van der Waals surface area contributed by atoms with Gasteiger partial charge in [-0.2, -0.15) is 0 Å². The maximum atomic E-state index is 13.1. The fourth-order valence-electron chi connectivity index (χ4n) is 1.74. The smallest absolute Gasteiger partial charge is 0.262 e. The fraction of sp³-hybridized carbons (Fsp3) is 0.143. The van der Waals surface area contributed by atoms with Crippen molar-refractivity contribution in [2.75, 3.05) is 11.8 Å². The summed E-state index contributed by atoms with van der Waals surface area (Å²) in [5.74, 6) is -0.209. The molecule has 0 saturated carbocycles. The van der Waals surface area contributed by atoms with E-state index in [1.165, 1.54) is 25.3 Å². The minimum absolute atomic E-state index is 0.138. The quantitative estimate of drug-likeness (QED) is 0.943. The summed E-state index contributed by atoms with van der Waals surface area (Å²) in [4.78, 5) is -0.138. The predicted octanol–water partition coefficient (Wildman–Crippen LogP) is 2.94. The van der Waals surface area contributed by atoms with Gasteiger partial charge in [0.15, 0.2) is 0 Å². The molecule has 0 bridgehead atoms. The average Bonchev–Trinajstić information content (AvgIpc) is 2.38. The molecule has 2 aromatic rings. The highest BCUT2D eigenvalue weighted by Crippen LogP contribution is 2.27. The van der Waals surface area contributed by atoms with Crippen LogP contribution in [0.3, 0.4) is 0 Å². The Bertz CT molecular complexity index is 729. The van der Waals surface area contributed by atoms with Crippen LogP contribution in [0.2, 0.25) is 0 Å². The van der Waals surface area contributed by atoms with Crippen molar-refractivity contribution in [2.24, 2.45) is 0 Å². The Hall–Kier alpha value is -2.08. The molecule has 4 nitrogen and oxygen atoms in total. The van der Waals surface area contributed by atoms with Gasteiger partial charge < -0.3 is 4.74 Å². The van der Waals surface area contributed by atoms with Crippen LogP contribution in [0.4, 0.5) is 10.1 Å². The van der Waals surface area contributed by atoms with Crippen molar-refractivity contribution in [2.45, 2.75) is 11.8 Å². The van der Waals surface area contributed by atoms with Gasteiger partial charge >= 0.3 is 0 Å². The van der Waals surface area contributed by atoms with Gasteiger partial charge in [0, 0.05) is 0 Å². The Labute approximate surface area is 117 Å². The number of rotatable bonds is 4. The topological polar surface area (TPSA) is 55.4 Å². The summed E-state index contributed by atoms with van der Waals surface area (Å²) in [6, 6.07) is 9.94. The highest BCUT2D eigenvalue weighted by atomic mass is 32.2. The van der Waals surface area contributed by atoms with Crippen LogP contribution in [0.25, 0.3) is 0 Å². The molecule has 0 atom stereocenters. The summed E-state index contributed by atoms with van der Waals surface area (Å²) in [6.45, 7) is 1.83. The van der Waals surface area contributed by atoms with Crippen LogP contribution in [-0.2, 0) is 10.0 Å². The molecule has 0 fully saturated rings. The van der Waals surface area contributed by atoms with E-state index in [-0.39, 0.29) is 4.90 Å². The van der Waals surface area contributed by atoms with Crippen LogP contribution in [-0.4, -0.2) is 15.5 Å². The number of methoxy groups -OCH3 is 1. The number of halogens is 1. The lowest BCUT2D eigenvalue weighted by Crippen LogP contribution is -2.14. The second-order valence-electron chi connectivity index (χ2n) is 4.27. The maximum absolute atomic E-state index is 13.1. The Morgan fingerprint density at radius 1 is 1.15 bits per heavy atom. The molecule has 0 amide bonds. The van der Waals surface area contributed by atoms with Gasteiger partial charge in [-0.25, -0.2) is 12.8 Å². The van der Waals surface area contributed by atoms with Crippen LogP contribution in [0.5, 0.6) is 5.75 Å². The van der Waals surface area contributed by atoms with Crippen LogP contribution in [0.1, 0.15) is 5.56 Å². The van der Waals surface area contributed by atoms with Crippen molar-refractivity contribution in [3.8, 4) is 5.75 Å². The van der Waals surface area contributed by atoms with Gasteiger partial charge in [0.25, 0.3) is 10.0 Å². The first-order valence-corrected chi connectivity index (χ1v) is 7.34. The predicted molar refractivity (Wildman–Crippen MR) is 74.9 cm³/mol. The monoisotopic (exact) mass is 295 g/mol. The average molecular weight is 295 g/mol. The lowest BCUT2D eigenvalue weighted by Gasteiger charge is -2.12. The van der Waals surface area contributed by atoms with Crippen LogP contribution in [0.15, 0.2) is 47.4 Å². The first-order valence-electron chi connectivity index (χ1n) is 5.85. The number of benzene rings is 2. The summed E-state index contributed by atoms with van der Waals surface area (Å²) in [5, 5.41) is 0. The lowest BCUT2D eigenvalue weighted by atomic mass is 10.2. The molecule has 2 aromatic carbocycles. The van der Waals surface area contributed by atoms with Gasteiger partial charge in [0.05, 0.1) is 17.7 Å². The minimum atomic E-state index is -3.86. The largest absolute Gasteiger partial charge is 0.495 e.